The van der Waals surface area contributed by atoms with E-state index in [1.54, 1.807) is 56.7 Å². The fourth-order valence-corrected chi connectivity index (χ4v) is 3.22. The minimum atomic E-state index is -0.374. The molecule has 3 aromatic carbocycles. The van der Waals surface area contributed by atoms with Gasteiger partial charge in [-0.2, -0.15) is 5.26 Å². The predicted octanol–water partition coefficient (Wildman–Crippen LogP) is 5.31. The number of ether oxygens (including phenoxy) is 4. The summed E-state index contributed by atoms with van der Waals surface area (Å²) in [6.45, 7) is 2.51. The second-order valence-corrected chi connectivity index (χ2v) is 7.04. The lowest BCUT2D eigenvalue weighted by Crippen LogP contribution is -2.11. The summed E-state index contributed by atoms with van der Waals surface area (Å²) in [4.78, 5) is 12.4. The molecule has 6 nitrogen and oxygen atoms in total. The van der Waals surface area contributed by atoms with Gasteiger partial charge >= 0.3 is 5.97 Å². The minimum Gasteiger partial charge on any atom is -0.494 e. The number of hydrogen-bond donors (Lipinski definition) is 0. The molecule has 0 bridgehead atoms. The van der Waals surface area contributed by atoms with E-state index in [0.29, 0.717) is 35.0 Å². The van der Waals surface area contributed by atoms with Crippen LogP contribution in [0.1, 0.15) is 23.6 Å². The quantitative estimate of drug-likeness (QED) is 0.193. The van der Waals surface area contributed by atoms with Gasteiger partial charge in [0.25, 0.3) is 0 Å². The summed E-state index contributed by atoms with van der Waals surface area (Å²) >= 11 is 0. The average Bonchev–Trinajstić information content (AvgIpc) is 2.83. The first-order valence-corrected chi connectivity index (χ1v) is 10.4. The van der Waals surface area contributed by atoms with Crippen molar-refractivity contribution < 1.29 is 23.7 Å². The first-order chi connectivity index (χ1) is 16.1. The zero-order valence-electron chi connectivity index (χ0n) is 18.8. The van der Waals surface area contributed by atoms with Gasteiger partial charge in [-0.3, -0.25) is 4.79 Å². The number of hydrogen-bond acceptors (Lipinski definition) is 6. The van der Waals surface area contributed by atoms with Crippen LogP contribution in [-0.2, 0) is 11.2 Å². The van der Waals surface area contributed by atoms with E-state index in [4.69, 9.17) is 18.9 Å². The van der Waals surface area contributed by atoms with Crippen LogP contribution in [0.25, 0.3) is 11.6 Å². The van der Waals surface area contributed by atoms with Gasteiger partial charge < -0.3 is 18.9 Å². The molecule has 0 aliphatic heterocycles. The Morgan fingerprint density at radius 3 is 2.36 bits per heavy atom. The first-order valence-electron chi connectivity index (χ1n) is 10.4. The summed E-state index contributed by atoms with van der Waals surface area (Å²) < 4.78 is 21.5. The molecule has 0 unspecified atom stereocenters. The van der Waals surface area contributed by atoms with E-state index in [0.717, 1.165) is 16.9 Å². The van der Waals surface area contributed by atoms with Gasteiger partial charge in [0.05, 0.1) is 38.9 Å². The number of nitriles is 1. The Labute approximate surface area is 193 Å². The molecular weight excluding hydrogens is 418 g/mol. The fraction of sp³-hybridized carbons (Fsp3) is 0.185. The van der Waals surface area contributed by atoms with Crippen LogP contribution in [0, 0.1) is 11.3 Å². The summed E-state index contributed by atoms with van der Waals surface area (Å²) in [6.07, 6.45) is 1.87. The molecule has 0 saturated carbocycles. The molecule has 0 heterocycles. The Hall–Kier alpha value is -4.24. The fourth-order valence-electron chi connectivity index (χ4n) is 3.22. The van der Waals surface area contributed by atoms with Crippen LogP contribution in [0.3, 0.4) is 0 Å². The molecule has 33 heavy (non-hydrogen) atoms. The van der Waals surface area contributed by atoms with Crippen LogP contribution in [-0.4, -0.2) is 26.8 Å². The number of carbonyl (C=O) groups excluding carboxylic acids is 1. The largest absolute Gasteiger partial charge is 0.494 e. The van der Waals surface area contributed by atoms with Crippen LogP contribution in [0.4, 0.5) is 0 Å². The van der Waals surface area contributed by atoms with Crippen LogP contribution >= 0.6 is 0 Å². The highest BCUT2D eigenvalue weighted by Gasteiger charge is 2.10. The number of carbonyl (C=O) groups is 1. The molecule has 0 aliphatic carbocycles. The summed E-state index contributed by atoms with van der Waals surface area (Å²) in [6, 6.07) is 21.9. The van der Waals surface area contributed by atoms with Gasteiger partial charge in [-0.25, -0.2) is 0 Å². The van der Waals surface area contributed by atoms with Crippen LogP contribution in [0.5, 0.6) is 23.0 Å². The smallest absolute Gasteiger partial charge is 0.315 e. The van der Waals surface area contributed by atoms with E-state index in [9.17, 15) is 10.1 Å². The van der Waals surface area contributed by atoms with Gasteiger partial charge in [0.2, 0.25) is 0 Å². The molecule has 0 atom stereocenters. The van der Waals surface area contributed by atoms with E-state index in [2.05, 4.69) is 6.07 Å². The lowest BCUT2D eigenvalue weighted by molar-refractivity contribution is -0.133. The average molecular weight is 443 g/mol. The molecule has 0 aromatic heterocycles. The maximum absolute atomic E-state index is 12.4. The minimum absolute atomic E-state index is 0.140. The molecule has 0 N–H and O–H groups in total. The van der Waals surface area contributed by atoms with Gasteiger partial charge in [-0.15, -0.1) is 0 Å². The first kappa shape index (κ1) is 23.4. The second kappa shape index (κ2) is 11.4. The SMILES string of the molecule is CCOc1ccc(CC(=O)Oc2cccc(/C=C(/C#N)c3ccc(OC)c(OC)c3)c2)cc1. The van der Waals surface area contributed by atoms with E-state index in [-0.39, 0.29) is 12.4 Å². The second-order valence-electron chi connectivity index (χ2n) is 7.04. The van der Waals surface area contributed by atoms with Crippen molar-refractivity contribution >= 4 is 17.6 Å². The van der Waals surface area contributed by atoms with Gasteiger partial charge in [0, 0.05) is 0 Å². The van der Waals surface area contributed by atoms with Crippen molar-refractivity contribution in [2.24, 2.45) is 0 Å². The zero-order valence-corrected chi connectivity index (χ0v) is 18.8. The normalized spacial score (nSPS) is 10.8. The van der Waals surface area contributed by atoms with Gasteiger partial charge in [0.1, 0.15) is 11.5 Å². The maximum Gasteiger partial charge on any atom is 0.315 e. The van der Waals surface area contributed by atoms with Crippen molar-refractivity contribution in [3.8, 4) is 29.1 Å². The van der Waals surface area contributed by atoms with E-state index in [1.807, 2.05) is 37.3 Å². The summed E-state index contributed by atoms with van der Waals surface area (Å²) in [7, 11) is 3.10. The Morgan fingerprint density at radius 2 is 1.70 bits per heavy atom. The summed E-state index contributed by atoms with van der Waals surface area (Å²) in [5.74, 6) is 1.91. The molecule has 3 rings (SSSR count). The molecule has 6 heteroatoms. The third-order valence-electron chi connectivity index (χ3n) is 4.80. The Balaban J connectivity index is 1.73. The van der Waals surface area contributed by atoms with E-state index >= 15 is 0 Å². The molecular formula is C27H25NO5. The van der Waals surface area contributed by atoms with E-state index in [1.165, 1.54) is 0 Å². The van der Waals surface area contributed by atoms with Gasteiger partial charge in [0.15, 0.2) is 11.5 Å². The van der Waals surface area contributed by atoms with Crippen molar-refractivity contribution in [1.29, 1.82) is 5.26 Å². The van der Waals surface area contributed by atoms with Crippen molar-refractivity contribution in [3.63, 3.8) is 0 Å². The Kier molecular flexibility index (Phi) is 8.09. The molecule has 0 aliphatic rings. The zero-order chi connectivity index (χ0) is 23.6. The Bertz CT molecular complexity index is 1180. The van der Waals surface area contributed by atoms with E-state index < -0.39 is 0 Å². The molecule has 0 fully saturated rings. The van der Waals surface area contributed by atoms with Crippen molar-refractivity contribution in [2.75, 3.05) is 20.8 Å². The lowest BCUT2D eigenvalue weighted by Gasteiger charge is -2.09. The van der Waals surface area contributed by atoms with Gasteiger partial charge in [-0.05, 0) is 72.2 Å². The molecule has 0 spiro atoms. The summed E-state index contributed by atoms with van der Waals surface area (Å²) in [5.41, 5.74) is 2.69. The molecule has 0 amide bonds. The van der Waals surface area contributed by atoms with Crippen LogP contribution in [0.15, 0.2) is 66.7 Å². The molecule has 3 aromatic rings. The number of esters is 1. The van der Waals surface area contributed by atoms with Crippen LogP contribution in [0.2, 0.25) is 0 Å². The topological polar surface area (TPSA) is 77.8 Å². The summed E-state index contributed by atoms with van der Waals surface area (Å²) in [5, 5.41) is 9.68. The third kappa shape index (κ3) is 6.37. The monoisotopic (exact) mass is 443 g/mol. The predicted molar refractivity (Wildman–Crippen MR) is 126 cm³/mol. The highest BCUT2D eigenvalue weighted by molar-refractivity contribution is 5.90. The third-order valence-corrected chi connectivity index (χ3v) is 4.80. The highest BCUT2D eigenvalue weighted by Crippen LogP contribution is 2.31. The van der Waals surface area contributed by atoms with Gasteiger partial charge in [-0.1, -0.05) is 24.3 Å². The lowest BCUT2D eigenvalue weighted by atomic mass is 10.0. The molecule has 0 radical (unpaired) electrons. The number of methoxy groups -OCH3 is 2. The molecule has 0 saturated heterocycles. The number of allylic oxidation sites excluding steroid dienone is 1. The van der Waals surface area contributed by atoms with Crippen molar-refractivity contribution in [1.82, 2.24) is 0 Å². The Morgan fingerprint density at radius 1 is 0.939 bits per heavy atom. The number of nitrogens with zero attached hydrogens (tertiary/aromatic N) is 1. The number of rotatable bonds is 9. The molecule has 168 valence electrons. The van der Waals surface area contributed by atoms with Crippen molar-refractivity contribution in [3.05, 3.63) is 83.4 Å². The highest BCUT2D eigenvalue weighted by atomic mass is 16.5. The van der Waals surface area contributed by atoms with Crippen molar-refractivity contribution in [2.45, 2.75) is 13.3 Å². The maximum atomic E-state index is 12.4. The van der Waals surface area contributed by atoms with Crippen LogP contribution < -0.4 is 18.9 Å². The number of benzene rings is 3. The standard InChI is InChI=1S/C27H25NO5/c1-4-32-23-11-8-19(9-12-23)16-27(29)33-24-7-5-6-20(15-24)14-22(18-28)21-10-13-25(30-2)26(17-21)31-3/h5-15,17H,4,16H2,1-3H3/b22-14-.